The molecule has 1 heterocycles. The average Bonchev–Trinajstić information content (AvgIpc) is 2.82. The molecular weight excluding hydrogens is 408 g/mol. The van der Waals surface area contributed by atoms with Crippen molar-refractivity contribution in [3.8, 4) is 34.5 Å². The molecule has 2 N–H and O–H groups in total. The summed E-state index contributed by atoms with van der Waals surface area (Å²) >= 11 is 0. The van der Waals surface area contributed by atoms with E-state index in [2.05, 4.69) is 0 Å². The summed E-state index contributed by atoms with van der Waals surface area (Å²) in [5.41, 5.74) is 3.82. The second-order valence-electron chi connectivity index (χ2n) is 7.78. The quantitative estimate of drug-likeness (QED) is 0.567. The van der Waals surface area contributed by atoms with Gasteiger partial charge in [0, 0.05) is 23.0 Å². The van der Waals surface area contributed by atoms with E-state index in [0.717, 1.165) is 28.0 Å². The van der Waals surface area contributed by atoms with Gasteiger partial charge in [0.1, 0.15) is 17.2 Å². The summed E-state index contributed by atoms with van der Waals surface area (Å²) in [6, 6.07) is 14.8. The van der Waals surface area contributed by atoms with Crippen molar-refractivity contribution < 1.29 is 29.2 Å². The van der Waals surface area contributed by atoms with Gasteiger partial charge < -0.3 is 29.2 Å². The zero-order chi connectivity index (χ0) is 22.8. The summed E-state index contributed by atoms with van der Waals surface area (Å²) in [6.07, 6.45) is 0.659. The highest BCUT2D eigenvalue weighted by Gasteiger charge is 2.36. The molecule has 3 aromatic rings. The molecule has 168 valence electrons. The number of benzene rings is 3. The molecule has 2 atom stereocenters. The van der Waals surface area contributed by atoms with Crippen LogP contribution in [0, 0.1) is 0 Å². The second-order valence-corrected chi connectivity index (χ2v) is 7.78. The minimum Gasteiger partial charge on any atom is -0.508 e. The second kappa shape index (κ2) is 8.91. The Hall–Kier alpha value is -3.54. The van der Waals surface area contributed by atoms with E-state index < -0.39 is 0 Å². The standard InChI is InChI=1S/C26H28O6/c1-5-18-21(28)11-10-19-24(15-6-8-17(27)9-7-15)20(14-32-25(18)19)16-12-22(29-2)26(31-4)23(13-16)30-3/h6-13,20,24,27-28H,5,14H2,1-4H3. The molecule has 0 saturated carbocycles. The smallest absolute Gasteiger partial charge is 0.203 e. The van der Waals surface area contributed by atoms with Crippen LogP contribution in [0.4, 0.5) is 0 Å². The van der Waals surface area contributed by atoms with Gasteiger partial charge in [0.15, 0.2) is 11.5 Å². The van der Waals surface area contributed by atoms with Gasteiger partial charge >= 0.3 is 0 Å². The lowest BCUT2D eigenvalue weighted by atomic mass is 9.75. The summed E-state index contributed by atoms with van der Waals surface area (Å²) in [5.74, 6) is 2.76. The van der Waals surface area contributed by atoms with Crippen LogP contribution >= 0.6 is 0 Å². The van der Waals surface area contributed by atoms with E-state index in [1.165, 1.54) is 0 Å². The molecule has 0 aliphatic carbocycles. The van der Waals surface area contributed by atoms with Crippen molar-refractivity contribution in [2.45, 2.75) is 25.2 Å². The van der Waals surface area contributed by atoms with Gasteiger partial charge in [-0.3, -0.25) is 0 Å². The van der Waals surface area contributed by atoms with E-state index in [1.54, 1.807) is 39.5 Å². The number of rotatable bonds is 6. The van der Waals surface area contributed by atoms with Gasteiger partial charge in [0.2, 0.25) is 5.75 Å². The Morgan fingerprint density at radius 3 is 2.09 bits per heavy atom. The molecule has 0 bridgehead atoms. The van der Waals surface area contributed by atoms with Crippen LogP contribution in [0.3, 0.4) is 0 Å². The summed E-state index contributed by atoms with van der Waals surface area (Å²) in [7, 11) is 4.78. The number of phenolic OH excluding ortho intramolecular Hbond substituents is 2. The van der Waals surface area contributed by atoms with Crippen LogP contribution in [0.1, 0.15) is 41.0 Å². The number of ether oxygens (including phenoxy) is 4. The third-order valence-corrected chi connectivity index (χ3v) is 6.13. The molecule has 1 aliphatic rings. The Balaban J connectivity index is 1.91. The molecule has 0 amide bonds. The van der Waals surface area contributed by atoms with Crippen molar-refractivity contribution in [1.29, 1.82) is 0 Å². The van der Waals surface area contributed by atoms with Crippen molar-refractivity contribution in [2.24, 2.45) is 0 Å². The van der Waals surface area contributed by atoms with Crippen molar-refractivity contribution in [2.75, 3.05) is 27.9 Å². The maximum atomic E-state index is 10.4. The topological polar surface area (TPSA) is 77.4 Å². The van der Waals surface area contributed by atoms with Crippen molar-refractivity contribution in [3.63, 3.8) is 0 Å². The van der Waals surface area contributed by atoms with Gasteiger partial charge in [0.05, 0.1) is 27.9 Å². The average molecular weight is 437 g/mol. The number of fused-ring (bicyclic) bond motifs is 1. The molecule has 3 aromatic carbocycles. The summed E-state index contributed by atoms with van der Waals surface area (Å²) < 4.78 is 22.9. The monoisotopic (exact) mass is 436 g/mol. The molecule has 32 heavy (non-hydrogen) atoms. The van der Waals surface area contributed by atoms with Crippen LogP contribution in [0.25, 0.3) is 0 Å². The molecule has 0 radical (unpaired) electrons. The predicted molar refractivity (Wildman–Crippen MR) is 122 cm³/mol. The number of methoxy groups -OCH3 is 3. The molecule has 6 heteroatoms. The first kappa shape index (κ1) is 21.7. The molecule has 2 unspecified atom stereocenters. The fourth-order valence-corrected chi connectivity index (χ4v) is 4.58. The lowest BCUT2D eigenvalue weighted by Crippen LogP contribution is -2.26. The van der Waals surface area contributed by atoms with E-state index in [-0.39, 0.29) is 23.3 Å². The minimum atomic E-state index is -0.0620. The van der Waals surface area contributed by atoms with Gasteiger partial charge in [-0.05, 0) is 47.9 Å². The highest BCUT2D eigenvalue weighted by molar-refractivity contribution is 5.59. The molecular formula is C26H28O6. The van der Waals surface area contributed by atoms with E-state index in [1.807, 2.05) is 37.3 Å². The van der Waals surface area contributed by atoms with Gasteiger partial charge in [-0.2, -0.15) is 0 Å². The highest BCUT2D eigenvalue weighted by atomic mass is 16.5. The minimum absolute atomic E-state index is 0.0602. The van der Waals surface area contributed by atoms with Gasteiger partial charge in [-0.25, -0.2) is 0 Å². The Morgan fingerprint density at radius 1 is 0.875 bits per heavy atom. The van der Waals surface area contributed by atoms with Gasteiger partial charge in [-0.15, -0.1) is 0 Å². The van der Waals surface area contributed by atoms with Crippen LogP contribution in [0.2, 0.25) is 0 Å². The SMILES string of the molecule is CCc1c(O)ccc2c1OCC(c1cc(OC)c(OC)c(OC)c1)C2c1ccc(O)cc1. The fraction of sp³-hybridized carbons (Fsp3) is 0.308. The van der Waals surface area contributed by atoms with Crippen molar-refractivity contribution in [3.05, 3.63) is 70.8 Å². The number of hydrogen-bond donors (Lipinski definition) is 2. The number of aromatic hydroxyl groups is 2. The van der Waals surface area contributed by atoms with Gasteiger partial charge in [-0.1, -0.05) is 25.1 Å². The Kier molecular flexibility index (Phi) is 6.04. The largest absolute Gasteiger partial charge is 0.508 e. The Morgan fingerprint density at radius 2 is 1.53 bits per heavy atom. The predicted octanol–water partition coefficient (Wildman–Crippen LogP) is 4.99. The van der Waals surface area contributed by atoms with E-state index in [0.29, 0.717) is 30.3 Å². The maximum Gasteiger partial charge on any atom is 0.203 e. The Bertz CT molecular complexity index is 1080. The zero-order valence-corrected chi connectivity index (χ0v) is 18.7. The third-order valence-electron chi connectivity index (χ3n) is 6.13. The molecule has 6 nitrogen and oxygen atoms in total. The number of phenols is 2. The lowest BCUT2D eigenvalue weighted by Gasteiger charge is -2.36. The van der Waals surface area contributed by atoms with Crippen molar-refractivity contribution in [1.82, 2.24) is 0 Å². The third kappa shape index (κ3) is 3.66. The normalized spacial score (nSPS) is 17.2. The first-order valence-electron chi connectivity index (χ1n) is 10.6. The van der Waals surface area contributed by atoms with E-state index >= 15 is 0 Å². The van der Waals surface area contributed by atoms with Crippen LogP contribution in [-0.4, -0.2) is 38.1 Å². The van der Waals surface area contributed by atoms with Crippen LogP contribution < -0.4 is 18.9 Å². The molecule has 0 fully saturated rings. The van der Waals surface area contributed by atoms with E-state index in [4.69, 9.17) is 18.9 Å². The highest BCUT2D eigenvalue weighted by Crippen LogP contribution is 2.51. The van der Waals surface area contributed by atoms with Crippen LogP contribution in [0.15, 0.2) is 48.5 Å². The summed E-state index contributed by atoms with van der Waals surface area (Å²) in [6.45, 7) is 2.41. The Labute approximate surface area is 188 Å². The van der Waals surface area contributed by atoms with Gasteiger partial charge in [0.25, 0.3) is 0 Å². The first-order chi connectivity index (χ1) is 15.5. The molecule has 4 rings (SSSR count). The van der Waals surface area contributed by atoms with E-state index in [9.17, 15) is 10.2 Å². The summed E-state index contributed by atoms with van der Waals surface area (Å²) in [4.78, 5) is 0. The van der Waals surface area contributed by atoms with Crippen molar-refractivity contribution >= 4 is 0 Å². The lowest BCUT2D eigenvalue weighted by molar-refractivity contribution is 0.244. The first-order valence-corrected chi connectivity index (χ1v) is 10.6. The van der Waals surface area contributed by atoms with Crippen LogP contribution in [-0.2, 0) is 6.42 Å². The van der Waals surface area contributed by atoms with Crippen LogP contribution in [0.5, 0.6) is 34.5 Å². The molecule has 0 spiro atoms. The maximum absolute atomic E-state index is 10.4. The molecule has 0 saturated heterocycles. The molecule has 1 aliphatic heterocycles. The zero-order valence-electron chi connectivity index (χ0n) is 18.7. The fourth-order valence-electron chi connectivity index (χ4n) is 4.58. The molecule has 0 aromatic heterocycles. The summed E-state index contributed by atoms with van der Waals surface area (Å²) in [5, 5.41) is 20.2. The number of hydrogen-bond acceptors (Lipinski definition) is 6.